The van der Waals surface area contributed by atoms with Gasteiger partial charge in [0.15, 0.2) is 0 Å². The molecule has 198 valence electrons. The summed E-state index contributed by atoms with van der Waals surface area (Å²) >= 11 is 0. The van der Waals surface area contributed by atoms with Gasteiger partial charge in [-0.15, -0.1) is 0 Å². The fourth-order valence-corrected chi connectivity index (χ4v) is 4.72. The Morgan fingerprint density at radius 3 is 1.22 bits per heavy atom. The third-order valence-corrected chi connectivity index (χ3v) is 7.41. The van der Waals surface area contributed by atoms with Crippen molar-refractivity contribution in [2.45, 2.75) is 9.79 Å². The second-order valence-electron chi connectivity index (χ2n) is 8.20. The van der Waals surface area contributed by atoms with Crippen LogP contribution in [-0.2, 0) is 20.2 Å². The van der Waals surface area contributed by atoms with E-state index in [1.54, 1.807) is 12.1 Å². The Balaban J connectivity index is 0.00000231. The Morgan fingerprint density at radius 1 is 0.561 bits per heavy atom. The van der Waals surface area contributed by atoms with Crippen LogP contribution in [0.3, 0.4) is 0 Å². The van der Waals surface area contributed by atoms with Crippen LogP contribution in [0.1, 0.15) is 0 Å². The van der Waals surface area contributed by atoms with E-state index in [0.717, 1.165) is 24.3 Å². The zero-order valence-electron chi connectivity index (χ0n) is 21.4. The number of nitrogens with one attached hydrogen (secondary N) is 3. The first kappa shape index (κ1) is 32.8. The zero-order valence-corrected chi connectivity index (χ0v) is 27.0. The molecule has 17 heteroatoms. The molecule has 0 bridgehead atoms. The van der Waals surface area contributed by atoms with Gasteiger partial charge in [0.2, 0.25) is 10.9 Å². The molecule has 0 aliphatic rings. The van der Waals surface area contributed by atoms with E-state index < -0.39 is 40.9 Å². The van der Waals surface area contributed by atoms with E-state index in [1.807, 2.05) is 0 Å². The van der Waals surface area contributed by atoms with Gasteiger partial charge in [-0.2, -0.15) is 10.2 Å². The van der Waals surface area contributed by atoms with Crippen LogP contribution in [0.15, 0.2) is 102 Å². The van der Waals surface area contributed by atoms with Crippen molar-refractivity contribution in [2.24, 2.45) is 10.2 Å². The third-order valence-electron chi connectivity index (χ3n) is 5.71. The monoisotopic (exact) mass is 611 g/mol. The minimum atomic E-state index is -4.59. The molecule has 0 amide bonds. The van der Waals surface area contributed by atoms with Gasteiger partial charge in [-0.05, 0) is 72.8 Å². The van der Waals surface area contributed by atoms with Crippen LogP contribution in [0.25, 0.3) is 21.8 Å². The summed E-state index contributed by atoms with van der Waals surface area (Å²) in [5.41, 5.74) is 5.19. The van der Waals surface area contributed by atoms with Crippen molar-refractivity contribution in [2.75, 3.05) is 10.9 Å². The number of hydrogen-bond donors (Lipinski definition) is 3. The number of benzene rings is 4. The van der Waals surface area contributed by atoms with Crippen LogP contribution in [0.4, 0.5) is 11.4 Å². The van der Waals surface area contributed by atoms with Crippen LogP contribution in [0.5, 0.6) is 0 Å². The van der Waals surface area contributed by atoms with E-state index in [9.17, 15) is 35.5 Å². The molecule has 0 aliphatic heterocycles. The Hall–Kier alpha value is -2.70. The van der Waals surface area contributed by atoms with E-state index in [-0.39, 0.29) is 80.9 Å². The molecule has 5 aromatic rings. The summed E-state index contributed by atoms with van der Waals surface area (Å²) < 4.78 is 66.3. The summed E-state index contributed by atoms with van der Waals surface area (Å²) in [5.74, 6) is 0. The summed E-state index contributed by atoms with van der Waals surface area (Å²) in [6.45, 7) is 0. The van der Waals surface area contributed by atoms with Crippen molar-refractivity contribution in [1.29, 1.82) is 0 Å². The van der Waals surface area contributed by atoms with E-state index >= 15 is 0 Å². The van der Waals surface area contributed by atoms with Gasteiger partial charge >= 0.3 is 59.1 Å². The molecule has 5 rings (SSSR count). The summed E-state index contributed by atoms with van der Waals surface area (Å²) in [6, 6.07) is 15.9. The fraction of sp³-hybridized carbons (Fsp3) is 0. The molecule has 0 atom stereocenters. The summed E-state index contributed by atoms with van der Waals surface area (Å²) in [5, 5.41) is 9.08. The van der Waals surface area contributed by atoms with Crippen molar-refractivity contribution in [3.63, 3.8) is 0 Å². The molecular weight excluding hydrogens is 596 g/mol. The first-order valence-electron chi connectivity index (χ1n) is 10.9. The number of aromatic nitrogens is 1. The first-order valence-corrected chi connectivity index (χ1v) is 13.7. The number of nitrogens with zero attached hydrogens (tertiary/aromatic N) is 2. The Bertz CT molecular complexity index is 2050. The molecule has 0 fully saturated rings. The molecule has 0 aliphatic carbocycles. The molecule has 1 aromatic heterocycles. The van der Waals surface area contributed by atoms with Gasteiger partial charge < -0.3 is 14.1 Å². The molecule has 0 saturated heterocycles. The van der Waals surface area contributed by atoms with Gasteiger partial charge in [0.1, 0.15) is 31.0 Å². The molecule has 4 aromatic carbocycles. The molecule has 0 radical (unpaired) electrons. The molecule has 1 heterocycles. The summed E-state index contributed by atoms with van der Waals surface area (Å²) in [6.07, 6.45) is 0. The largest absolute Gasteiger partial charge is 1.00 e. The Labute approximate surface area is 275 Å². The maximum absolute atomic E-state index is 13.0. The SMILES string of the molecule is O=c1/c(=N\Nc2ccc(S(=O)(=O)[O-])cc2)ccc2c1[nH]c1c(=O)/c(=N\Nc3ccc(S(=O)(=O)[O-])cc3)ccc12.[Na+].[Na+]. The minimum Gasteiger partial charge on any atom is -0.744 e. The first-order chi connectivity index (χ1) is 18.4. The average molecular weight is 612 g/mol. The van der Waals surface area contributed by atoms with E-state index in [2.05, 4.69) is 26.0 Å². The van der Waals surface area contributed by atoms with Crippen LogP contribution >= 0.6 is 0 Å². The number of fused-ring (bicyclic) bond motifs is 3. The van der Waals surface area contributed by atoms with Gasteiger partial charge in [0, 0.05) is 10.8 Å². The standard InChI is InChI=1S/C24H17N5O8S2.2Na/c30-23-19(28-26-13-1-5-15(6-2-13)38(32,33)34)11-9-17-18-10-12-20(24(31)22(18)25-21(17)23)29-27-14-3-7-16(8-4-14)39(35,36)37;;/h1-12,25-27H,(H,32,33,34)(H,35,36,37);;/q;2*+1/p-2/b28-19-,29-20-;;. The van der Waals surface area contributed by atoms with Gasteiger partial charge in [-0.1, -0.05) is 0 Å². The number of H-pyrrole nitrogens is 1. The normalized spacial score (nSPS) is 12.6. The number of hydrogen-bond acceptors (Lipinski definition) is 12. The maximum atomic E-state index is 13.0. The Morgan fingerprint density at radius 2 is 0.902 bits per heavy atom. The number of aromatic amines is 1. The van der Waals surface area contributed by atoms with Crippen molar-refractivity contribution in [1.82, 2.24) is 4.98 Å². The second kappa shape index (κ2) is 12.7. The van der Waals surface area contributed by atoms with Crippen molar-refractivity contribution in [3.05, 3.63) is 104 Å². The molecule has 41 heavy (non-hydrogen) atoms. The van der Waals surface area contributed by atoms with Crippen LogP contribution in [0.2, 0.25) is 0 Å². The average Bonchev–Trinajstić information content (AvgIpc) is 3.28. The summed E-state index contributed by atoms with van der Waals surface area (Å²) in [4.78, 5) is 28.1. The molecule has 3 N–H and O–H groups in total. The third kappa shape index (κ3) is 7.03. The van der Waals surface area contributed by atoms with Crippen molar-refractivity contribution < 1.29 is 85.1 Å². The minimum absolute atomic E-state index is 0. The van der Waals surface area contributed by atoms with Crippen LogP contribution in [-0.4, -0.2) is 30.9 Å². The van der Waals surface area contributed by atoms with E-state index in [4.69, 9.17) is 0 Å². The summed E-state index contributed by atoms with van der Waals surface area (Å²) in [7, 11) is -9.18. The van der Waals surface area contributed by atoms with Gasteiger partial charge in [0.25, 0.3) is 0 Å². The van der Waals surface area contributed by atoms with Gasteiger partial charge in [-0.25, -0.2) is 16.8 Å². The smallest absolute Gasteiger partial charge is 0.744 e. The predicted molar refractivity (Wildman–Crippen MR) is 138 cm³/mol. The van der Waals surface area contributed by atoms with E-state index in [1.165, 1.54) is 36.4 Å². The van der Waals surface area contributed by atoms with Gasteiger partial charge in [0.05, 0.1) is 32.2 Å². The molecule has 0 spiro atoms. The quantitative estimate of drug-likeness (QED) is 0.0942. The zero-order chi connectivity index (χ0) is 27.9. The molecule has 13 nitrogen and oxygen atoms in total. The van der Waals surface area contributed by atoms with Crippen molar-refractivity contribution in [3.8, 4) is 0 Å². The van der Waals surface area contributed by atoms with Crippen LogP contribution < -0.4 is 91.5 Å². The predicted octanol–water partition coefficient (Wildman–Crippen LogP) is -5.41. The fourth-order valence-electron chi connectivity index (χ4n) is 3.78. The van der Waals surface area contributed by atoms with Crippen molar-refractivity contribution >= 4 is 53.4 Å². The van der Waals surface area contributed by atoms with Crippen LogP contribution in [0, 0.1) is 0 Å². The number of anilines is 2. The molecular formula is C24H15N5Na2O8S2. The van der Waals surface area contributed by atoms with E-state index in [0.29, 0.717) is 22.1 Å². The topological polar surface area (TPSA) is 213 Å². The second-order valence-corrected chi connectivity index (χ2v) is 11.0. The van der Waals surface area contributed by atoms with Gasteiger partial charge in [-0.3, -0.25) is 20.4 Å². The maximum Gasteiger partial charge on any atom is 1.00 e. The molecule has 0 unspecified atom stereocenters. The Kier molecular flexibility index (Phi) is 10.1. The number of rotatable bonds is 6. The molecule has 0 saturated carbocycles.